The van der Waals surface area contributed by atoms with Crippen LogP contribution in [0.5, 0.6) is 0 Å². The smallest absolute Gasteiger partial charge is 0.175 e. The molecule has 0 spiro atoms. The second-order valence-corrected chi connectivity index (χ2v) is 9.52. The average molecular weight is 437 g/mol. The van der Waals surface area contributed by atoms with Crippen LogP contribution in [0.2, 0.25) is 10.0 Å². The molecular formula is C19H22Cl2N6S. The molecule has 1 fully saturated rings. The first-order valence-corrected chi connectivity index (χ1v) is 10.8. The second kappa shape index (κ2) is 7.71. The van der Waals surface area contributed by atoms with E-state index in [1.165, 1.54) is 30.9 Å². The standard InChI is InChI=1S/C19H22Cl2N6S/c1-19(2,11-3-4-11)25-5-6-27-17-15(16(22)23-10-24-17)26-18(27)28-14-8-12(20)7-13(21)9-14/h7-11,25H,3-6H2,1-2H3,(H2,22,23,24). The molecular weight excluding hydrogens is 415 g/mol. The van der Waals surface area contributed by atoms with Crippen molar-refractivity contribution < 1.29 is 0 Å². The number of fused-ring (bicyclic) bond motifs is 1. The third-order valence-electron chi connectivity index (χ3n) is 5.08. The molecule has 0 atom stereocenters. The van der Waals surface area contributed by atoms with Gasteiger partial charge in [-0.3, -0.25) is 0 Å². The first-order valence-electron chi connectivity index (χ1n) is 9.19. The van der Waals surface area contributed by atoms with E-state index in [0.29, 0.717) is 21.4 Å². The highest BCUT2D eigenvalue weighted by atomic mass is 35.5. The highest BCUT2D eigenvalue weighted by Gasteiger charge is 2.37. The van der Waals surface area contributed by atoms with Gasteiger partial charge >= 0.3 is 0 Å². The molecule has 2 aromatic heterocycles. The summed E-state index contributed by atoms with van der Waals surface area (Å²) in [6, 6.07) is 5.44. The van der Waals surface area contributed by atoms with Gasteiger partial charge in [-0.05, 0) is 50.8 Å². The number of rotatable bonds is 7. The third-order valence-corrected chi connectivity index (χ3v) is 6.49. The molecule has 2 heterocycles. The van der Waals surface area contributed by atoms with Crippen molar-refractivity contribution >= 4 is 51.9 Å². The zero-order valence-corrected chi connectivity index (χ0v) is 18.1. The maximum Gasteiger partial charge on any atom is 0.175 e. The number of nitrogens with zero attached hydrogens (tertiary/aromatic N) is 4. The van der Waals surface area contributed by atoms with Gasteiger partial charge in [-0.25, -0.2) is 15.0 Å². The van der Waals surface area contributed by atoms with Gasteiger partial charge in [0, 0.05) is 33.6 Å². The Morgan fingerprint density at radius 3 is 2.61 bits per heavy atom. The Morgan fingerprint density at radius 2 is 1.93 bits per heavy atom. The first-order chi connectivity index (χ1) is 13.3. The van der Waals surface area contributed by atoms with Crippen LogP contribution in [0, 0.1) is 5.92 Å². The molecule has 0 aliphatic heterocycles. The van der Waals surface area contributed by atoms with Crippen molar-refractivity contribution in [3.05, 3.63) is 34.6 Å². The molecule has 0 saturated heterocycles. The SMILES string of the molecule is CC(C)(NCCn1c(Sc2cc(Cl)cc(Cl)c2)nc2c(N)ncnc21)C1CC1. The van der Waals surface area contributed by atoms with Crippen LogP contribution in [0.1, 0.15) is 26.7 Å². The van der Waals surface area contributed by atoms with Gasteiger partial charge in [-0.2, -0.15) is 0 Å². The van der Waals surface area contributed by atoms with E-state index in [1.807, 2.05) is 12.1 Å². The minimum Gasteiger partial charge on any atom is -0.382 e. The third kappa shape index (κ3) is 4.22. The predicted molar refractivity (Wildman–Crippen MR) is 115 cm³/mol. The average Bonchev–Trinajstić information content (AvgIpc) is 3.40. The molecule has 0 amide bonds. The van der Waals surface area contributed by atoms with Crippen molar-refractivity contribution in [3.63, 3.8) is 0 Å². The van der Waals surface area contributed by atoms with E-state index in [4.69, 9.17) is 33.9 Å². The highest BCUT2D eigenvalue weighted by Crippen LogP contribution is 2.39. The van der Waals surface area contributed by atoms with Crippen LogP contribution in [0.3, 0.4) is 0 Å². The van der Waals surface area contributed by atoms with E-state index in [1.54, 1.807) is 6.07 Å². The zero-order valence-electron chi connectivity index (χ0n) is 15.7. The van der Waals surface area contributed by atoms with Gasteiger partial charge < -0.3 is 15.6 Å². The topological polar surface area (TPSA) is 81.7 Å². The van der Waals surface area contributed by atoms with E-state index in [-0.39, 0.29) is 5.54 Å². The number of anilines is 1. The molecule has 0 unspecified atom stereocenters. The van der Waals surface area contributed by atoms with Crippen LogP contribution < -0.4 is 11.1 Å². The number of nitrogens with two attached hydrogens (primary N) is 1. The Kier molecular flexibility index (Phi) is 5.44. The summed E-state index contributed by atoms with van der Waals surface area (Å²) < 4.78 is 2.07. The second-order valence-electron chi connectivity index (χ2n) is 7.61. The number of imidazole rings is 1. The summed E-state index contributed by atoms with van der Waals surface area (Å²) in [6.07, 6.45) is 4.07. The van der Waals surface area contributed by atoms with E-state index in [9.17, 15) is 0 Å². The molecule has 148 valence electrons. The Hall–Kier alpha value is -1.54. The largest absolute Gasteiger partial charge is 0.382 e. The Balaban J connectivity index is 1.63. The van der Waals surface area contributed by atoms with Crippen LogP contribution >= 0.6 is 35.0 Å². The first kappa shape index (κ1) is 19.8. The van der Waals surface area contributed by atoms with Crippen molar-refractivity contribution in [2.45, 2.75) is 48.8 Å². The molecule has 3 aromatic rings. The monoisotopic (exact) mass is 436 g/mol. The lowest BCUT2D eigenvalue weighted by molar-refractivity contribution is 0.334. The minimum atomic E-state index is 0.137. The van der Waals surface area contributed by atoms with Crippen LogP contribution in [-0.2, 0) is 6.54 Å². The Bertz CT molecular complexity index is 995. The van der Waals surface area contributed by atoms with Gasteiger partial charge in [0.1, 0.15) is 6.33 Å². The minimum absolute atomic E-state index is 0.137. The molecule has 0 radical (unpaired) electrons. The van der Waals surface area contributed by atoms with Crippen LogP contribution in [-0.4, -0.2) is 31.6 Å². The van der Waals surface area contributed by atoms with Gasteiger partial charge in [-0.15, -0.1) is 0 Å². The van der Waals surface area contributed by atoms with Crippen LogP contribution in [0.4, 0.5) is 5.82 Å². The summed E-state index contributed by atoms with van der Waals surface area (Å²) in [7, 11) is 0. The van der Waals surface area contributed by atoms with Gasteiger partial charge in [0.15, 0.2) is 22.1 Å². The summed E-state index contributed by atoms with van der Waals surface area (Å²) in [6.45, 7) is 6.06. The molecule has 28 heavy (non-hydrogen) atoms. The molecule has 1 aliphatic rings. The normalized spacial score (nSPS) is 14.7. The van der Waals surface area contributed by atoms with Crippen molar-refractivity contribution in [1.29, 1.82) is 0 Å². The van der Waals surface area contributed by atoms with Gasteiger partial charge in [0.05, 0.1) is 0 Å². The molecule has 9 heteroatoms. The number of nitrogens with one attached hydrogen (secondary N) is 1. The number of aromatic nitrogens is 4. The van der Waals surface area contributed by atoms with E-state index in [0.717, 1.165) is 34.7 Å². The summed E-state index contributed by atoms with van der Waals surface area (Å²) in [5.41, 5.74) is 7.51. The van der Waals surface area contributed by atoms with Gasteiger partial charge in [0.25, 0.3) is 0 Å². The number of halogens is 2. The maximum atomic E-state index is 6.15. The number of hydrogen-bond donors (Lipinski definition) is 2. The van der Waals surface area contributed by atoms with Crippen molar-refractivity contribution in [3.8, 4) is 0 Å². The summed E-state index contributed by atoms with van der Waals surface area (Å²) >= 11 is 13.8. The number of benzene rings is 1. The molecule has 0 bridgehead atoms. The summed E-state index contributed by atoms with van der Waals surface area (Å²) in [5.74, 6) is 1.13. The Morgan fingerprint density at radius 1 is 1.21 bits per heavy atom. The fourth-order valence-electron chi connectivity index (χ4n) is 3.35. The van der Waals surface area contributed by atoms with E-state index >= 15 is 0 Å². The molecule has 1 aromatic carbocycles. The fourth-order valence-corrected chi connectivity index (χ4v) is 5.01. The zero-order chi connectivity index (χ0) is 19.9. The highest BCUT2D eigenvalue weighted by molar-refractivity contribution is 7.99. The Labute approximate surface area is 178 Å². The van der Waals surface area contributed by atoms with Crippen molar-refractivity contribution in [2.24, 2.45) is 5.92 Å². The van der Waals surface area contributed by atoms with E-state index < -0.39 is 0 Å². The van der Waals surface area contributed by atoms with Crippen molar-refractivity contribution in [1.82, 2.24) is 24.8 Å². The van der Waals surface area contributed by atoms with Crippen LogP contribution in [0.25, 0.3) is 11.2 Å². The lowest BCUT2D eigenvalue weighted by Gasteiger charge is -2.26. The molecule has 1 aliphatic carbocycles. The van der Waals surface area contributed by atoms with Crippen molar-refractivity contribution in [2.75, 3.05) is 12.3 Å². The quantitative estimate of drug-likeness (QED) is 0.560. The molecule has 6 nitrogen and oxygen atoms in total. The van der Waals surface area contributed by atoms with Crippen LogP contribution in [0.15, 0.2) is 34.6 Å². The van der Waals surface area contributed by atoms with Gasteiger partial charge in [0.2, 0.25) is 0 Å². The fraction of sp³-hybridized carbons (Fsp3) is 0.421. The summed E-state index contributed by atoms with van der Waals surface area (Å²) in [4.78, 5) is 14.1. The maximum absolute atomic E-state index is 6.15. The molecule has 3 N–H and O–H groups in total. The van der Waals surface area contributed by atoms with E-state index in [2.05, 4.69) is 33.7 Å². The van der Waals surface area contributed by atoms with Gasteiger partial charge in [-0.1, -0.05) is 35.0 Å². The number of nitrogen functional groups attached to an aromatic ring is 1. The lowest BCUT2D eigenvalue weighted by Crippen LogP contribution is -2.42. The number of hydrogen-bond acceptors (Lipinski definition) is 6. The lowest BCUT2D eigenvalue weighted by atomic mass is 9.99. The summed E-state index contributed by atoms with van der Waals surface area (Å²) in [5, 5.41) is 5.63. The molecule has 1 saturated carbocycles. The predicted octanol–water partition coefficient (Wildman–Crippen LogP) is 4.64. The molecule has 4 rings (SSSR count).